The van der Waals surface area contributed by atoms with Gasteiger partial charge in [0.2, 0.25) is 10.7 Å². The zero-order valence-electron chi connectivity index (χ0n) is 8.83. The minimum absolute atomic E-state index is 0.0696. The molecule has 0 bridgehead atoms. The topological polar surface area (TPSA) is 90.9 Å². The Balaban J connectivity index is 2.73. The number of nitrogens with two attached hydrogens (primary N) is 1. The number of sulfone groups is 1. The first-order valence-electron chi connectivity index (χ1n) is 4.57. The van der Waals surface area contributed by atoms with E-state index in [0.29, 0.717) is 10.4 Å². The van der Waals surface area contributed by atoms with Crippen LogP contribution < -0.4 is 5.73 Å². The van der Waals surface area contributed by atoms with Crippen LogP contribution in [0.4, 0.5) is 5.95 Å². The van der Waals surface area contributed by atoms with Crippen molar-refractivity contribution in [2.24, 2.45) is 0 Å². The molecule has 0 amide bonds. The first kappa shape index (κ1) is 12.1. The average Bonchev–Trinajstić information content (AvgIpc) is 2.56. The van der Waals surface area contributed by atoms with E-state index in [1.165, 1.54) is 10.7 Å². The van der Waals surface area contributed by atoms with Gasteiger partial charge in [0.15, 0.2) is 9.84 Å². The van der Waals surface area contributed by atoms with E-state index in [1.807, 2.05) is 0 Å². The van der Waals surface area contributed by atoms with E-state index >= 15 is 0 Å². The summed E-state index contributed by atoms with van der Waals surface area (Å²) in [7, 11) is -3.34. The lowest BCUT2D eigenvalue weighted by Gasteiger charge is -2.07. The summed E-state index contributed by atoms with van der Waals surface area (Å²) in [5.41, 5.74) is 5.86. The van der Waals surface area contributed by atoms with Crippen molar-refractivity contribution in [1.82, 2.24) is 14.8 Å². The minimum Gasteiger partial charge on any atom is -0.366 e. The van der Waals surface area contributed by atoms with Crippen molar-refractivity contribution >= 4 is 31.7 Å². The highest BCUT2D eigenvalue weighted by molar-refractivity contribution is 9.10. The van der Waals surface area contributed by atoms with Crippen LogP contribution in [0.3, 0.4) is 0 Å². The summed E-state index contributed by atoms with van der Waals surface area (Å²) < 4.78 is 25.0. The number of hydrogen-bond donors (Lipinski definition) is 1. The standard InChI is InChI=1S/C9H9BrN4O2S/c1-17(15,16)7-5-3-2-4-6(7)14-8(10)12-9(11)13-14/h2-5H,1H3,(H2,11,13). The molecule has 1 aromatic carbocycles. The second-order valence-corrected chi connectivity index (χ2v) is 6.08. The summed E-state index contributed by atoms with van der Waals surface area (Å²) in [6, 6.07) is 6.51. The molecule has 2 N–H and O–H groups in total. The molecule has 0 atom stereocenters. The number of nitrogen functional groups attached to an aromatic ring is 1. The van der Waals surface area contributed by atoms with Crippen molar-refractivity contribution < 1.29 is 8.42 Å². The number of hydrogen-bond acceptors (Lipinski definition) is 5. The number of nitrogens with zero attached hydrogens (tertiary/aromatic N) is 3. The molecule has 0 aliphatic carbocycles. The number of para-hydroxylation sites is 1. The molecule has 90 valence electrons. The first-order valence-corrected chi connectivity index (χ1v) is 7.25. The van der Waals surface area contributed by atoms with E-state index in [1.54, 1.807) is 18.2 Å². The van der Waals surface area contributed by atoms with Gasteiger partial charge in [-0.2, -0.15) is 4.98 Å². The number of aromatic nitrogens is 3. The molecule has 0 aliphatic rings. The molecule has 0 aliphatic heterocycles. The maximum absolute atomic E-state index is 11.6. The Bertz CT molecular complexity index is 665. The van der Waals surface area contributed by atoms with Crippen LogP contribution in [0.1, 0.15) is 0 Å². The lowest BCUT2D eigenvalue weighted by Crippen LogP contribution is -2.06. The van der Waals surface area contributed by atoms with Crippen LogP contribution in [-0.2, 0) is 9.84 Å². The molecule has 1 heterocycles. The monoisotopic (exact) mass is 316 g/mol. The van der Waals surface area contributed by atoms with Crippen molar-refractivity contribution in [2.75, 3.05) is 12.0 Å². The molecule has 6 nitrogen and oxygen atoms in total. The molecular formula is C9H9BrN4O2S. The molecule has 2 aromatic rings. The van der Waals surface area contributed by atoms with Gasteiger partial charge in [0.1, 0.15) is 0 Å². The molecule has 2 rings (SSSR count). The smallest absolute Gasteiger partial charge is 0.240 e. The van der Waals surface area contributed by atoms with Crippen molar-refractivity contribution in [2.45, 2.75) is 4.90 Å². The molecular weight excluding hydrogens is 308 g/mol. The summed E-state index contributed by atoms with van der Waals surface area (Å²) in [5, 5.41) is 3.93. The van der Waals surface area contributed by atoms with Gasteiger partial charge in [-0.3, -0.25) is 0 Å². The van der Waals surface area contributed by atoms with Gasteiger partial charge in [-0.05, 0) is 28.1 Å². The third-order valence-corrected chi connectivity index (χ3v) is 3.73. The summed E-state index contributed by atoms with van der Waals surface area (Å²) in [5.74, 6) is 0.0696. The zero-order valence-corrected chi connectivity index (χ0v) is 11.2. The molecule has 0 spiro atoms. The van der Waals surface area contributed by atoms with Crippen molar-refractivity contribution in [3.63, 3.8) is 0 Å². The van der Waals surface area contributed by atoms with Gasteiger partial charge >= 0.3 is 0 Å². The molecule has 1 aromatic heterocycles. The van der Waals surface area contributed by atoms with Crippen molar-refractivity contribution in [1.29, 1.82) is 0 Å². The van der Waals surface area contributed by atoms with Crippen LogP contribution in [0.2, 0.25) is 0 Å². The second-order valence-electron chi connectivity index (χ2n) is 3.39. The van der Waals surface area contributed by atoms with Gasteiger partial charge in [0, 0.05) is 6.26 Å². The van der Waals surface area contributed by atoms with Crippen LogP contribution in [0.15, 0.2) is 33.9 Å². The Morgan fingerprint density at radius 2 is 2.00 bits per heavy atom. The van der Waals surface area contributed by atoms with Gasteiger partial charge < -0.3 is 5.73 Å². The summed E-state index contributed by atoms with van der Waals surface area (Å²) in [6.45, 7) is 0. The normalized spacial score (nSPS) is 11.6. The quantitative estimate of drug-likeness (QED) is 0.893. The minimum atomic E-state index is -3.34. The first-order chi connectivity index (χ1) is 7.89. The van der Waals surface area contributed by atoms with E-state index in [2.05, 4.69) is 26.0 Å². The molecule has 0 unspecified atom stereocenters. The Labute approximate surface area is 107 Å². The molecule has 17 heavy (non-hydrogen) atoms. The third-order valence-electron chi connectivity index (χ3n) is 2.08. The molecule has 0 radical (unpaired) electrons. The lowest BCUT2D eigenvalue weighted by molar-refractivity contribution is 0.600. The van der Waals surface area contributed by atoms with E-state index in [0.717, 1.165) is 6.26 Å². The van der Waals surface area contributed by atoms with Crippen LogP contribution in [0.25, 0.3) is 5.69 Å². The van der Waals surface area contributed by atoms with Crippen LogP contribution in [0.5, 0.6) is 0 Å². The van der Waals surface area contributed by atoms with Crippen molar-refractivity contribution in [3.8, 4) is 5.69 Å². The van der Waals surface area contributed by atoms with Crippen molar-refractivity contribution in [3.05, 3.63) is 29.0 Å². The number of halogens is 1. The summed E-state index contributed by atoms with van der Waals surface area (Å²) in [4.78, 5) is 4.03. The fraction of sp³-hybridized carbons (Fsp3) is 0.111. The fourth-order valence-electron chi connectivity index (χ4n) is 1.41. The Hall–Kier alpha value is -1.41. The number of benzene rings is 1. The number of anilines is 1. The van der Waals surface area contributed by atoms with Gasteiger partial charge in [0.05, 0.1) is 10.6 Å². The zero-order chi connectivity index (χ0) is 12.6. The largest absolute Gasteiger partial charge is 0.366 e. The Morgan fingerprint density at radius 1 is 1.35 bits per heavy atom. The highest BCUT2D eigenvalue weighted by Gasteiger charge is 2.17. The van der Waals surface area contributed by atoms with Gasteiger partial charge in [-0.25, -0.2) is 13.1 Å². The van der Waals surface area contributed by atoms with Crippen LogP contribution in [-0.4, -0.2) is 29.4 Å². The van der Waals surface area contributed by atoms with Crippen LogP contribution in [0, 0.1) is 0 Å². The van der Waals surface area contributed by atoms with E-state index in [-0.39, 0.29) is 10.8 Å². The fourth-order valence-corrected chi connectivity index (χ4v) is 2.72. The third kappa shape index (κ3) is 2.32. The molecule has 0 saturated carbocycles. The average molecular weight is 317 g/mol. The maximum atomic E-state index is 11.6. The van der Waals surface area contributed by atoms with Crippen LogP contribution >= 0.6 is 15.9 Å². The maximum Gasteiger partial charge on any atom is 0.240 e. The van der Waals surface area contributed by atoms with Gasteiger partial charge in [-0.1, -0.05) is 12.1 Å². The SMILES string of the molecule is CS(=O)(=O)c1ccccc1-n1nc(N)nc1Br. The highest BCUT2D eigenvalue weighted by atomic mass is 79.9. The van der Waals surface area contributed by atoms with E-state index < -0.39 is 9.84 Å². The Morgan fingerprint density at radius 3 is 2.53 bits per heavy atom. The summed E-state index contributed by atoms with van der Waals surface area (Å²) in [6.07, 6.45) is 1.14. The number of rotatable bonds is 2. The molecule has 0 saturated heterocycles. The highest BCUT2D eigenvalue weighted by Crippen LogP contribution is 2.22. The van der Waals surface area contributed by atoms with E-state index in [4.69, 9.17) is 5.73 Å². The predicted molar refractivity (Wildman–Crippen MR) is 66.6 cm³/mol. The lowest BCUT2D eigenvalue weighted by atomic mass is 10.3. The van der Waals surface area contributed by atoms with Gasteiger partial charge in [-0.15, -0.1) is 5.10 Å². The van der Waals surface area contributed by atoms with E-state index in [9.17, 15) is 8.42 Å². The molecule has 8 heteroatoms. The van der Waals surface area contributed by atoms with Gasteiger partial charge in [0.25, 0.3) is 0 Å². The summed E-state index contributed by atoms with van der Waals surface area (Å²) >= 11 is 3.17. The predicted octanol–water partition coefficient (Wildman–Crippen LogP) is 1.02. The Kier molecular flexibility index (Phi) is 2.92. The molecule has 0 fully saturated rings. The second kappa shape index (κ2) is 4.11.